The van der Waals surface area contributed by atoms with Crippen molar-refractivity contribution in [3.63, 3.8) is 0 Å². The summed E-state index contributed by atoms with van der Waals surface area (Å²) in [6, 6.07) is 16.5. The highest BCUT2D eigenvalue weighted by Crippen LogP contribution is 2.37. The van der Waals surface area contributed by atoms with Crippen LogP contribution >= 0.6 is 0 Å². The van der Waals surface area contributed by atoms with E-state index in [9.17, 15) is 5.11 Å². The van der Waals surface area contributed by atoms with Crippen LogP contribution in [-0.4, -0.2) is 37.6 Å². The van der Waals surface area contributed by atoms with Crippen LogP contribution in [-0.2, 0) is 4.74 Å². The zero-order valence-corrected chi connectivity index (χ0v) is 15.7. The number of quaternary nitrogens is 1. The fourth-order valence-electron chi connectivity index (χ4n) is 4.16. The van der Waals surface area contributed by atoms with Crippen molar-refractivity contribution in [1.29, 1.82) is 0 Å². The molecule has 2 aromatic rings. The lowest BCUT2D eigenvalue weighted by Crippen LogP contribution is -2.90. The van der Waals surface area contributed by atoms with Gasteiger partial charge in [0.25, 0.3) is 0 Å². The number of nitrogens with two attached hydrogens (primary N) is 1. The minimum atomic E-state index is -0.373. The van der Waals surface area contributed by atoms with Crippen LogP contribution in [0, 0.1) is 5.92 Å². The molecular formula is C22H28NO4+. The normalized spacial score (nSPS) is 28.7. The number of piperidine rings is 1. The van der Waals surface area contributed by atoms with E-state index in [2.05, 4.69) is 24.4 Å². The number of aliphatic hydroxyl groups is 1. The van der Waals surface area contributed by atoms with Crippen molar-refractivity contribution in [2.45, 2.75) is 31.5 Å². The third kappa shape index (κ3) is 3.95. The molecule has 4 rings (SSSR count). The topological polar surface area (TPSA) is 64.5 Å². The molecule has 2 bridgehead atoms. The van der Waals surface area contributed by atoms with Crippen molar-refractivity contribution in [3.8, 4) is 11.5 Å². The Balaban J connectivity index is 1.73. The fourth-order valence-corrected chi connectivity index (χ4v) is 4.16. The second-order valence-electron chi connectivity index (χ2n) is 7.37. The summed E-state index contributed by atoms with van der Waals surface area (Å²) >= 11 is 0. The maximum absolute atomic E-state index is 10.8. The Hall–Kier alpha value is -2.08. The van der Waals surface area contributed by atoms with Crippen molar-refractivity contribution in [3.05, 3.63) is 59.7 Å². The average Bonchev–Trinajstić information content (AvgIpc) is 2.69. The summed E-state index contributed by atoms with van der Waals surface area (Å²) in [4.78, 5) is 0. The summed E-state index contributed by atoms with van der Waals surface area (Å²) in [6.45, 7) is 4.17. The Labute approximate surface area is 160 Å². The number of hydrogen-bond donors (Lipinski definition) is 2. The lowest BCUT2D eigenvalue weighted by molar-refractivity contribution is -0.753. The fraction of sp³-hybridized carbons (Fsp3) is 0.455. The van der Waals surface area contributed by atoms with E-state index in [0.717, 1.165) is 22.6 Å². The third-order valence-electron chi connectivity index (χ3n) is 5.68. The standard InChI is InChI=1S/C22H27NO4/c1-15-19(24)14-18-16-6-2-4-8-20(16)26-12-10-25-11-13-27-21-9-5-3-7-17(21)22(15)23-18/h2-9,15,18-19,22-24H,10-14H2,1H3/p+1/t15-,18+,19+,22-/m0/s1. The van der Waals surface area contributed by atoms with Crippen molar-refractivity contribution in [2.24, 2.45) is 5.92 Å². The van der Waals surface area contributed by atoms with Crippen molar-refractivity contribution < 1.29 is 24.6 Å². The highest BCUT2D eigenvalue weighted by molar-refractivity contribution is 5.37. The first-order valence-electron chi connectivity index (χ1n) is 9.78. The van der Waals surface area contributed by atoms with E-state index in [1.807, 2.05) is 36.4 Å². The van der Waals surface area contributed by atoms with Crippen LogP contribution in [0.1, 0.15) is 36.6 Å². The molecule has 144 valence electrons. The first-order valence-corrected chi connectivity index (χ1v) is 9.78. The molecule has 2 aliphatic heterocycles. The van der Waals surface area contributed by atoms with Crippen LogP contribution in [0.15, 0.2) is 48.5 Å². The Kier molecular flexibility index (Phi) is 5.62. The van der Waals surface area contributed by atoms with Crippen LogP contribution in [0.2, 0.25) is 0 Å². The van der Waals surface area contributed by atoms with Gasteiger partial charge in [0.05, 0.1) is 30.4 Å². The Bertz CT molecular complexity index is 765. The molecule has 2 aliphatic rings. The van der Waals surface area contributed by atoms with E-state index in [4.69, 9.17) is 14.2 Å². The summed E-state index contributed by atoms with van der Waals surface area (Å²) in [7, 11) is 0. The molecular weight excluding hydrogens is 342 g/mol. The molecule has 0 unspecified atom stereocenters. The first-order chi connectivity index (χ1) is 13.2. The van der Waals surface area contributed by atoms with Gasteiger partial charge < -0.3 is 24.6 Å². The predicted molar refractivity (Wildman–Crippen MR) is 102 cm³/mol. The summed E-state index contributed by atoms with van der Waals surface area (Å²) in [5, 5.41) is 13.2. The SMILES string of the molecule is C[C@H]1[C@H](O)C[C@H]2[NH2+][C@@H]1c1ccccc1OCCOCCOc1ccccc12. The lowest BCUT2D eigenvalue weighted by Gasteiger charge is -2.37. The van der Waals surface area contributed by atoms with Gasteiger partial charge in [-0.1, -0.05) is 31.2 Å². The second kappa shape index (κ2) is 8.30. The molecule has 2 aromatic carbocycles. The Morgan fingerprint density at radius 3 is 2.15 bits per heavy atom. The molecule has 27 heavy (non-hydrogen) atoms. The zero-order valence-electron chi connectivity index (χ0n) is 15.7. The molecule has 5 nitrogen and oxygen atoms in total. The van der Waals surface area contributed by atoms with Crippen LogP contribution in [0.25, 0.3) is 0 Å². The van der Waals surface area contributed by atoms with Crippen molar-refractivity contribution in [2.75, 3.05) is 26.4 Å². The molecule has 5 heteroatoms. The van der Waals surface area contributed by atoms with Gasteiger partial charge in [-0.3, -0.25) is 0 Å². The number of hydrogen-bond acceptors (Lipinski definition) is 4. The monoisotopic (exact) mass is 370 g/mol. The third-order valence-corrected chi connectivity index (χ3v) is 5.68. The highest BCUT2D eigenvalue weighted by Gasteiger charge is 2.40. The van der Waals surface area contributed by atoms with Crippen LogP contribution in [0.4, 0.5) is 0 Å². The minimum Gasteiger partial charge on any atom is -0.491 e. The van der Waals surface area contributed by atoms with Crippen LogP contribution in [0.3, 0.4) is 0 Å². The average molecular weight is 370 g/mol. The quantitative estimate of drug-likeness (QED) is 0.746. The molecule has 1 saturated heterocycles. The second-order valence-corrected chi connectivity index (χ2v) is 7.37. The van der Waals surface area contributed by atoms with Crippen molar-refractivity contribution >= 4 is 0 Å². The first kappa shape index (κ1) is 18.3. The smallest absolute Gasteiger partial charge is 0.128 e. The van der Waals surface area contributed by atoms with Gasteiger partial charge in [0, 0.05) is 12.3 Å². The van der Waals surface area contributed by atoms with Gasteiger partial charge in [0.2, 0.25) is 0 Å². The number of benzene rings is 2. The van der Waals surface area contributed by atoms with Gasteiger partial charge in [0.1, 0.15) is 36.8 Å². The van der Waals surface area contributed by atoms with Crippen molar-refractivity contribution in [1.82, 2.24) is 0 Å². The number of fused-ring (bicyclic) bond motifs is 6. The summed E-state index contributed by atoms with van der Waals surface area (Å²) < 4.78 is 17.6. The molecule has 0 aliphatic carbocycles. The molecule has 0 saturated carbocycles. The van der Waals surface area contributed by atoms with Crippen LogP contribution < -0.4 is 14.8 Å². The largest absolute Gasteiger partial charge is 0.491 e. The maximum atomic E-state index is 10.8. The molecule has 0 aromatic heterocycles. The van der Waals surface area contributed by atoms with Crippen LogP contribution in [0.5, 0.6) is 11.5 Å². The summed E-state index contributed by atoms with van der Waals surface area (Å²) in [6.07, 6.45) is 0.333. The number of rotatable bonds is 0. The maximum Gasteiger partial charge on any atom is 0.128 e. The van der Waals surface area contributed by atoms with Gasteiger partial charge in [-0.15, -0.1) is 0 Å². The zero-order chi connectivity index (χ0) is 18.6. The van der Waals surface area contributed by atoms with E-state index in [1.165, 1.54) is 0 Å². The van der Waals surface area contributed by atoms with Gasteiger partial charge >= 0.3 is 0 Å². The van der Waals surface area contributed by atoms with Gasteiger partial charge in [-0.2, -0.15) is 0 Å². The lowest BCUT2D eigenvalue weighted by atomic mass is 9.80. The molecule has 1 fully saturated rings. The molecule has 0 radical (unpaired) electrons. The molecule has 2 heterocycles. The predicted octanol–water partition coefficient (Wildman–Crippen LogP) is 2.22. The van der Waals surface area contributed by atoms with E-state index in [-0.39, 0.29) is 24.1 Å². The Morgan fingerprint density at radius 1 is 0.852 bits per heavy atom. The molecule has 0 spiro atoms. The van der Waals surface area contributed by atoms with E-state index in [0.29, 0.717) is 32.8 Å². The van der Waals surface area contributed by atoms with E-state index >= 15 is 0 Å². The van der Waals surface area contributed by atoms with E-state index in [1.54, 1.807) is 0 Å². The number of para-hydroxylation sites is 2. The summed E-state index contributed by atoms with van der Waals surface area (Å²) in [5.41, 5.74) is 2.26. The highest BCUT2D eigenvalue weighted by atomic mass is 16.5. The van der Waals surface area contributed by atoms with Gasteiger partial charge in [-0.25, -0.2) is 0 Å². The van der Waals surface area contributed by atoms with Gasteiger partial charge in [0.15, 0.2) is 0 Å². The molecule has 4 atom stereocenters. The number of ether oxygens (including phenoxy) is 3. The number of aliphatic hydroxyl groups excluding tert-OH is 1. The van der Waals surface area contributed by atoms with Gasteiger partial charge in [-0.05, 0) is 24.3 Å². The molecule has 0 amide bonds. The van der Waals surface area contributed by atoms with E-state index < -0.39 is 0 Å². The summed E-state index contributed by atoms with van der Waals surface area (Å²) in [5.74, 6) is 1.89. The molecule has 3 N–H and O–H groups in total. The Morgan fingerprint density at radius 2 is 1.44 bits per heavy atom. The minimum absolute atomic E-state index is 0.117.